The van der Waals surface area contributed by atoms with E-state index in [9.17, 15) is 18.3 Å². The molecule has 25 heavy (non-hydrogen) atoms. The van der Waals surface area contributed by atoms with Gasteiger partial charge in [-0.2, -0.15) is 4.31 Å². The van der Waals surface area contributed by atoms with Crippen molar-refractivity contribution in [2.75, 3.05) is 26.0 Å². The van der Waals surface area contributed by atoms with Crippen molar-refractivity contribution in [1.82, 2.24) is 9.21 Å². The number of carbonyl (C=O) groups is 1. The molecule has 0 bridgehead atoms. The smallest absolute Gasteiger partial charge is 0.220 e. The molecule has 0 radical (unpaired) electrons. The van der Waals surface area contributed by atoms with Crippen molar-refractivity contribution in [3.05, 3.63) is 41.5 Å². The summed E-state index contributed by atoms with van der Waals surface area (Å²) in [6.45, 7) is 3.85. The minimum atomic E-state index is -3.28. The molecular formula is C18H24N2O4S. The summed E-state index contributed by atoms with van der Waals surface area (Å²) >= 11 is 0. The van der Waals surface area contributed by atoms with Crippen molar-refractivity contribution in [3.8, 4) is 0 Å². The Hall–Kier alpha value is -1.70. The standard InChI is InChI=1S/C18H24N2O4S/c1-4-5-14-6-8-15(9-7-14)17-16(10-21)20(13(2)22)18(17)11-19(12-18)25(3,23)24/h4-9,16-17,21H,10-12H2,1-3H3/b5-4+/t16-,17+/m1/s1. The van der Waals surface area contributed by atoms with Gasteiger partial charge in [-0.05, 0) is 18.1 Å². The van der Waals surface area contributed by atoms with Gasteiger partial charge in [-0.15, -0.1) is 0 Å². The SMILES string of the molecule is C/C=C/c1ccc([C@H]2[C@@H](CO)N(C(C)=O)C23CN(S(C)(=O)=O)C3)cc1. The van der Waals surface area contributed by atoms with Gasteiger partial charge in [-0.3, -0.25) is 4.79 Å². The largest absolute Gasteiger partial charge is 0.394 e. The van der Waals surface area contributed by atoms with Gasteiger partial charge in [0.1, 0.15) is 0 Å². The predicted octanol–water partition coefficient (Wildman–Crippen LogP) is 1.04. The molecular weight excluding hydrogens is 340 g/mol. The van der Waals surface area contributed by atoms with Crippen LogP contribution in [-0.4, -0.2) is 66.2 Å². The number of amides is 1. The minimum absolute atomic E-state index is 0.0703. The Labute approximate surface area is 148 Å². The zero-order chi connectivity index (χ0) is 18.4. The average molecular weight is 364 g/mol. The van der Waals surface area contributed by atoms with E-state index in [-0.39, 0.29) is 37.6 Å². The second-order valence-electron chi connectivity index (χ2n) is 6.92. The van der Waals surface area contributed by atoms with E-state index in [1.54, 1.807) is 4.90 Å². The zero-order valence-electron chi connectivity index (χ0n) is 14.7. The van der Waals surface area contributed by atoms with Crippen molar-refractivity contribution in [2.45, 2.75) is 31.3 Å². The lowest BCUT2D eigenvalue weighted by Crippen LogP contribution is -2.85. The Balaban J connectivity index is 1.94. The first-order valence-electron chi connectivity index (χ1n) is 8.33. The van der Waals surface area contributed by atoms with Gasteiger partial charge in [0.2, 0.25) is 15.9 Å². The second kappa shape index (κ2) is 6.23. The van der Waals surface area contributed by atoms with Gasteiger partial charge >= 0.3 is 0 Å². The molecule has 2 aliphatic heterocycles. The molecule has 136 valence electrons. The van der Waals surface area contributed by atoms with E-state index < -0.39 is 15.6 Å². The van der Waals surface area contributed by atoms with Crippen molar-refractivity contribution < 1.29 is 18.3 Å². The zero-order valence-corrected chi connectivity index (χ0v) is 15.5. The quantitative estimate of drug-likeness (QED) is 0.866. The molecule has 2 aliphatic rings. The number of aliphatic hydroxyl groups is 1. The molecule has 2 fully saturated rings. The summed E-state index contributed by atoms with van der Waals surface area (Å²) < 4.78 is 25.0. The minimum Gasteiger partial charge on any atom is -0.394 e. The molecule has 1 amide bonds. The summed E-state index contributed by atoms with van der Waals surface area (Å²) in [5, 5.41) is 9.82. The Morgan fingerprint density at radius 1 is 1.32 bits per heavy atom. The summed E-state index contributed by atoms with van der Waals surface area (Å²) in [5.74, 6) is -0.201. The number of rotatable bonds is 4. The molecule has 0 aliphatic carbocycles. The number of sulfonamides is 1. The summed E-state index contributed by atoms with van der Waals surface area (Å²) in [6.07, 6.45) is 5.14. The summed E-state index contributed by atoms with van der Waals surface area (Å²) in [5.41, 5.74) is 1.55. The highest BCUT2D eigenvalue weighted by atomic mass is 32.2. The number of hydrogen-bond acceptors (Lipinski definition) is 4. The summed E-state index contributed by atoms with van der Waals surface area (Å²) in [4.78, 5) is 13.8. The van der Waals surface area contributed by atoms with Crippen LogP contribution in [0.4, 0.5) is 0 Å². The highest BCUT2D eigenvalue weighted by molar-refractivity contribution is 7.88. The summed E-state index contributed by atoms with van der Waals surface area (Å²) in [7, 11) is -3.28. The van der Waals surface area contributed by atoms with Gasteiger partial charge in [-0.1, -0.05) is 36.4 Å². The van der Waals surface area contributed by atoms with Crippen molar-refractivity contribution in [1.29, 1.82) is 0 Å². The fraction of sp³-hybridized carbons (Fsp3) is 0.500. The molecule has 3 rings (SSSR count). The number of benzene rings is 1. The van der Waals surface area contributed by atoms with Crippen LogP contribution in [0.5, 0.6) is 0 Å². The second-order valence-corrected chi connectivity index (χ2v) is 8.90. The lowest BCUT2D eigenvalue weighted by molar-refractivity contribution is -0.186. The summed E-state index contributed by atoms with van der Waals surface area (Å²) in [6, 6.07) is 7.70. The van der Waals surface area contributed by atoms with Gasteiger partial charge in [0, 0.05) is 25.9 Å². The third-order valence-corrected chi connectivity index (χ3v) is 6.52. The van der Waals surface area contributed by atoms with Gasteiger partial charge in [0.25, 0.3) is 0 Å². The monoisotopic (exact) mass is 364 g/mol. The Morgan fingerprint density at radius 3 is 2.36 bits per heavy atom. The maximum absolute atomic E-state index is 12.1. The van der Waals surface area contributed by atoms with Gasteiger partial charge in [0.15, 0.2) is 0 Å². The van der Waals surface area contributed by atoms with Crippen LogP contribution in [0.25, 0.3) is 6.08 Å². The lowest BCUT2D eigenvalue weighted by Gasteiger charge is -2.69. The van der Waals surface area contributed by atoms with Crippen LogP contribution in [0.15, 0.2) is 30.3 Å². The third kappa shape index (κ3) is 2.80. The molecule has 2 saturated heterocycles. The average Bonchev–Trinajstić information content (AvgIpc) is 2.45. The molecule has 1 spiro atoms. The van der Waals surface area contributed by atoms with Gasteiger partial charge in [-0.25, -0.2) is 8.42 Å². The maximum atomic E-state index is 12.1. The van der Waals surface area contributed by atoms with E-state index in [1.807, 2.05) is 43.3 Å². The first-order valence-corrected chi connectivity index (χ1v) is 10.2. The van der Waals surface area contributed by atoms with Crippen LogP contribution in [0, 0.1) is 0 Å². The normalized spacial score (nSPS) is 25.8. The molecule has 0 aromatic heterocycles. The van der Waals surface area contributed by atoms with Crippen LogP contribution >= 0.6 is 0 Å². The Kier molecular flexibility index (Phi) is 4.51. The molecule has 7 heteroatoms. The van der Waals surface area contributed by atoms with Crippen molar-refractivity contribution in [2.24, 2.45) is 0 Å². The van der Waals surface area contributed by atoms with Crippen molar-refractivity contribution >= 4 is 22.0 Å². The third-order valence-electron chi connectivity index (χ3n) is 5.33. The van der Waals surface area contributed by atoms with E-state index >= 15 is 0 Å². The van der Waals surface area contributed by atoms with E-state index in [4.69, 9.17) is 0 Å². The highest BCUT2D eigenvalue weighted by Crippen LogP contribution is 2.54. The van der Waals surface area contributed by atoms with E-state index in [0.29, 0.717) is 0 Å². The highest BCUT2D eigenvalue weighted by Gasteiger charge is 2.68. The molecule has 2 heterocycles. The van der Waals surface area contributed by atoms with E-state index in [1.165, 1.54) is 17.5 Å². The molecule has 1 N–H and O–H groups in total. The van der Waals surface area contributed by atoms with Crippen LogP contribution in [0.3, 0.4) is 0 Å². The molecule has 0 saturated carbocycles. The van der Waals surface area contributed by atoms with Gasteiger partial charge in [0.05, 0.1) is 24.4 Å². The maximum Gasteiger partial charge on any atom is 0.220 e. The number of nitrogens with zero attached hydrogens (tertiary/aromatic N) is 2. The van der Waals surface area contributed by atoms with Crippen molar-refractivity contribution in [3.63, 3.8) is 0 Å². The molecule has 6 nitrogen and oxygen atoms in total. The number of aliphatic hydroxyl groups excluding tert-OH is 1. The first-order chi connectivity index (χ1) is 11.7. The number of carbonyl (C=O) groups excluding carboxylic acids is 1. The van der Waals surface area contributed by atoms with Crippen LogP contribution < -0.4 is 0 Å². The number of likely N-dealkylation sites (tertiary alicyclic amines) is 1. The molecule has 1 aromatic carbocycles. The molecule has 0 unspecified atom stereocenters. The fourth-order valence-electron chi connectivity index (χ4n) is 4.33. The molecule has 1 aromatic rings. The van der Waals surface area contributed by atoms with Crippen LogP contribution in [0.1, 0.15) is 30.9 Å². The molecule has 2 atom stereocenters. The number of allylic oxidation sites excluding steroid dienone is 1. The number of hydrogen-bond donors (Lipinski definition) is 1. The van der Waals surface area contributed by atoms with E-state index in [2.05, 4.69) is 0 Å². The van der Waals surface area contributed by atoms with Crippen LogP contribution in [0.2, 0.25) is 0 Å². The Morgan fingerprint density at radius 2 is 1.92 bits per heavy atom. The fourth-order valence-corrected chi connectivity index (χ4v) is 5.24. The van der Waals surface area contributed by atoms with E-state index in [0.717, 1.165) is 11.1 Å². The van der Waals surface area contributed by atoms with Crippen LogP contribution in [-0.2, 0) is 14.8 Å². The lowest BCUT2D eigenvalue weighted by atomic mass is 9.61. The Bertz CT molecular complexity index is 795. The van der Waals surface area contributed by atoms with Gasteiger partial charge < -0.3 is 10.0 Å². The predicted molar refractivity (Wildman–Crippen MR) is 96.4 cm³/mol. The topological polar surface area (TPSA) is 77.9 Å². The first kappa shape index (κ1) is 18.1.